The largest absolute Gasteiger partial charge is 0.396 e. The molecule has 0 aliphatic carbocycles. The number of piperidine rings is 1. The summed E-state index contributed by atoms with van der Waals surface area (Å²) >= 11 is 5.82. The number of aliphatic hydroxyl groups excluding tert-OH is 1. The van der Waals surface area contributed by atoms with Crippen LogP contribution in [0, 0.1) is 5.92 Å². The summed E-state index contributed by atoms with van der Waals surface area (Å²) < 4.78 is 0. The van der Waals surface area contributed by atoms with Crippen molar-refractivity contribution in [3.63, 3.8) is 0 Å². The highest BCUT2D eigenvalue weighted by molar-refractivity contribution is 6.30. The molecular formula is C16H21ClN2O3. The normalized spacial score (nSPS) is 15.6. The van der Waals surface area contributed by atoms with Crippen molar-refractivity contribution in [2.45, 2.75) is 19.3 Å². The number of carbonyl (C=O) groups is 2. The van der Waals surface area contributed by atoms with E-state index in [1.54, 1.807) is 29.2 Å². The first kappa shape index (κ1) is 16.8. The van der Waals surface area contributed by atoms with Crippen LogP contribution in [0.5, 0.6) is 0 Å². The summed E-state index contributed by atoms with van der Waals surface area (Å²) in [4.78, 5) is 26.1. The Labute approximate surface area is 135 Å². The molecule has 1 aliphatic rings. The van der Waals surface area contributed by atoms with Gasteiger partial charge in [-0.15, -0.1) is 0 Å². The van der Waals surface area contributed by atoms with Gasteiger partial charge < -0.3 is 15.3 Å². The summed E-state index contributed by atoms with van der Waals surface area (Å²) in [5, 5.41) is 12.1. The molecule has 1 heterocycles. The molecule has 6 heteroatoms. The second-order valence-corrected chi connectivity index (χ2v) is 5.88. The number of rotatable bonds is 5. The summed E-state index contributed by atoms with van der Waals surface area (Å²) in [5.74, 6) is -0.0455. The third kappa shape index (κ3) is 4.45. The lowest BCUT2D eigenvalue weighted by atomic mass is 9.95. The Morgan fingerprint density at radius 1 is 1.23 bits per heavy atom. The molecule has 5 nitrogen and oxygen atoms in total. The standard InChI is InChI=1S/C16H21ClN2O3/c17-14-4-2-13(3-5-14)16(22)19-9-6-12(7-10-19)15(21)18-8-1-11-20/h2-5,12,20H,1,6-11H2,(H,18,21). The average molecular weight is 325 g/mol. The Morgan fingerprint density at radius 2 is 1.86 bits per heavy atom. The smallest absolute Gasteiger partial charge is 0.253 e. The second-order valence-electron chi connectivity index (χ2n) is 5.44. The molecule has 0 bridgehead atoms. The maximum atomic E-state index is 12.4. The van der Waals surface area contributed by atoms with Crippen molar-refractivity contribution in [3.8, 4) is 0 Å². The highest BCUT2D eigenvalue weighted by Gasteiger charge is 2.27. The molecule has 1 aliphatic heterocycles. The molecule has 0 unspecified atom stereocenters. The first-order chi connectivity index (χ1) is 10.6. The number of likely N-dealkylation sites (tertiary alicyclic amines) is 1. The summed E-state index contributed by atoms with van der Waals surface area (Å²) in [6.45, 7) is 1.74. The number of amides is 2. The second kappa shape index (κ2) is 8.15. The van der Waals surface area contributed by atoms with Crippen molar-refractivity contribution >= 4 is 23.4 Å². The van der Waals surface area contributed by atoms with Gasteiger partial charge in [0.25, 0.3) is 5.91 Å². The molecule has 0 saturated carbocycles. The molecule has 2 N–H and O–H groups in total. The monoisotopic (exact) mass is 324 g/mol. The molecule has 1 fully saturated rings. The summed E-state index contributed by atoms with van der Waals surface area (Å²) in [6, 6.07) is 6.85. The van der Waals surface area contributed by atoms with Gasteiger partial charge >= 0.3 is 0 Å². The average Bonchev–Trinajstić information content (AvgIpc) is 2.55. The Bertz CT molecular complexity index is 511. The lowest BCUT2D eigenvalue weighted by Gasteiger charge is -2.31. The number of benzene rings is 1. The predicted octanol–water partition coefficient (Wildman–Crippen LogP) is 1.69. The van der Waals surface area contributed by atoms with E-state index in [0.717, 1.165) is 0 Å². The lowest BCUT2D eigenvalue weighted by molar-refractivity contribution is -0.126. The summed E-state index contributed by atoms with van der Waals surface area (Å²) in [7, 11) is 0. The quantitative estimate of drug-likeness (QED) is 0.810. The van der Waals surface area contributed by atoms with Gasteiger partial charge in [0.15, 0.2) is 0 Å². The molecular weight excluding hydrogens is 304 g/mol. The van der Waals surface area contributed by atoms with Gasteiger partial charge in [0.05, 0.1) is 0 Å². The van der Waals surface area contributed by atoms with Crippen LogP contribution in [0.15, 0.2) is 24.3 Å². The highest BCUT2D eigenvalue weighted by atomic mass is 35.5. The predicted molar refractivity (Wildman–Crippen MR) is 84.8 cm³/mol. The fourth-order valence-corrected chi connectivity index (χ4v) is 2.68. The Kier molecular flexibility index (Phi) is 6.21. The number of hydrogen-bond donors (Lipinski definition) is 2. The summed E-state index contributed by atoms with van der Waals surface area (Å²) in [6.07, 6.45) is 1.91. The zero-order valence-electron chi connectivity index (χ0n) is 12.4. The van der Waals surface area contributed by atoms with E-state index in [1.165, 1.54) is 0 Å². The molecule has 2 amide bonds. The van der Waals surface area contributed by atoms with Crippen LogP contribution in [0.3, 0.4) is 0 Å². The van der Waals surface area contributed by atoms with Crippen molar-refractivity contribution in [3.05, 3.63) is 34.9 Å². The Hall–Kier alpha value is -1.59. The minimum absolute atomic E-state index is 0.0178. The number of carbonyl (C=O) groups excluding carboxylic acids is 2. The Balaban J connectivity index is 1.82. The van der Waals surface area contributed by atoms with Gasteiger partial charge in [-0.3, -0.25) is 9.59 Å². The van der Waals surface area contributed by atoms with E-state index in [2.05, 4.69) is 5.32 Å². The van der Waals surface area contributed by atoms with Crippen LogP contribution < -0.4 is 5.32 Å². The van der Waals surface area contributed by atoms with E-state index in [1.807, 2.05) is 0 Å². The first-order valence-corrected chi connectivity index (χ1v) is 7.93. The van der Waals surface area contributed by atoms with Crippen LogP contribution in [0.1, 0.15) is 29.6 Å². The van der Waals surface area contributed by atoms with Crippen LogP contribution in [0.4, 0.5) is 0 Å². The number of halogens is 1. The van der Waals surface area contributed by atoms with Crippen LogP contribution in [-0.2, 0) is 4.79 Å². The van der Waals surface area contributed by atoms with Crippen molar-refractivity contribution in [2.75, 3.05) is 26.2 Å². The molecule has 0 radical (unpaired) electrons. The fraction of sp³-hybridized carbons (Fsp3) is 0.500. The molecule has 0 aromatic heterocycles. The van der Waals surface area contributed by atoms with Gasteiger partial charge in [0.2, 0.25) is 5.91 Å². The first-order valence-electron chi connectivity index (χ1n) is 7.55. The van der Waals surface area contributed by atoms with E-state index in [9.17, 15) is 9.59 Å². The van der Waals surface area contributed by atoms with E-state index < -0.39 is 0 Å². The maximum absolute atomic E-state index is 12.4. The van der Waals surface area contributed by atoms with Crippen LogP contribution in [0.2, 0.25) is 5.02 Å². The maximum Gasteiger partial charge on any atom is 0.253 e. The van der Waals surface area contributed by atoms with Gasteiger partial charge in [-0.1, -0.05) is 11.6 Å². The van der Waals surface area contributed by atoms with E-state index in [4.69, 9.17) is 16.7 Å². The minimum Gasteiger partial charge on any atom is -0.396 e. The third-order valence-electron chi connectivity index (χ3n) is 3.88. The van der Waals surface area contributed by atoms with E-state index in [0.29, 0.717) is 49.5 Å². The number of hydrogen-bond acceptors (Lipinski definition) is 3. The highest BCUT2D eigenvalue weighted by Crippen LogP contribution is 2.20. The molecule has 0 atom stereocenters. The van der Waals surface area contributed by atoms with E-state index >= 15 is 0 Å². The van der Waals surface area contributed by atoms with Crippen molar-refractivity contribution in [1.29, 1.82) is 0 Å². The van der Waals surface area contributed by atoms with Crippen LogP contribution in [0.25, 0.3) is 0 Å². The lowest BCUT2D eigenvalue weighted by Crippen LogP contribution is -2.43. The molecule has 1 aromatic rings. The number of nitrogens with zero attached hydrogens (tertiary/aromatic N) is 1. The number of nitrogens with one attached hydrogen (secondary N) is 1. The third-order valence-corrected chi connectivity index (χ3v) is 4.13. The Morgan fingerprint density at radius 3 is 2.45 bits per heavy atom. The van der Waals surface area contributed by atoms with Crippen molar-refractivity contribution in [2.24, 2.45) is 5.92 Å². The molecule has 1 saturated heterocycles. The van der Waals surface area contributed by atoms with Crippen molar-refractivity contribution in [1.82, 2.24) is 10.2 Å². The van der Waals surface area contributed by atoms with Gasteiger partial charge in [0.1, 0.15) is 0 Å². The van der Waals surface area contributed by atoms with Crippen LogP contribution in [-0.4, -0.2) is 48.1 Å². The topological polar surface area (TPSA) is 69.6 Å². The SMILES string of the molecule is O=C(NCCCO)C1CCN(C(=O)c2ccc(Cl)cc2)CC1. The van der Waals surface area contributed by atoms with Gasteiger partial charge in [-0.05, 0) is 43.5 Å². The summed E-state index contributed by atoms with van der Waals surface area (Å²) in [5.41, 5.74) is 0.621. The van der Waals surface area contributed by atoms with Gasteiger partial charge in [-0.2, -0.15) is 0 Å². The molecule has 22 heavy (non-hydrogen) atoms. The molecule has 2 rings (SSSR count). The van der Waals surface area contributed by atoms with Gasteiger partial charge in [-0.25, -0.2) is 0 Å². The van der Waals surface area contributed by atoms with E-state index in [-0.39, 0.29) is 24.3 Å². The van der Waals surface area contributed by atoms with Crippen LogP contribution >= 0.6 is 11.6 Å². The number of aliphatic hydroxyl groups is 1. The van der Waals surface area contributed by atoms with Gasteiger partial charge in [0, 0.05) is 42.7 Å². The molecule has 1 aromatic carbocycles. The zero-order valence-corrected chi connectivity index (χ0v) is 13.2. The molecule has 0 spiro atoms. The van der Waals surface area contributed by atoms with Crippen molar-refractivity contribution < 1.29 is 14.7 Å². The fourth-order valence-electron chi connectivity index (χ4n) is 2.55. The zero-order chi connectivity index (χ0) is 15.9. The molecule has 120 valence electrons. The minimum atomic E-state index is -0.0482.